The van der Waals surface area contributed by atoms with Gasteiger partial charge in [0.15, 0.2) is 0 Å². The number of nitrogens with zero attached hydrogens (tertiary/aromatic N) is 2. The van der Waals surface area contributed by atoms with E-state index in [2.05, 4.69) is 5.32 Å². The lowest BCUT2D eigenvalue weighted by Crippen LogP contribution is -2.18. The Morgan fingerprint density at radius 1 is 1.21 bits per heavy atom. The number of hydrogen-bond acceptors (Lipinski definition) is 4. The highest BCUT2D eigenvalue weighted by Gasteiger charge is 2.10. The standard InChI is InChI=1S/C19H19N3O2/c1-22(13-15-6-4-3-5-7-15)14-16(12-20)19(23)21-17-8-10-18(24-2)11-9-17/h3-11,14H,13H2,1-2H3,(H,21,23)/b16-14-. The predicted octanol–water partition coefficient (Wildman–Crippen LogP) is 3.17. The summed E-state index contributed by atoms with van der Waals surface area (Å²) in [6.45, 7) is 0.613. The van der Waals surface area contributed by atoms with Gasteiger partial charge in [0, 0.05) is 25.5 Å². The molecule has 0 radical (unpaired) electrons. The molecule has 2 rings (SSSR count). The Morgan fingerprint density at radius 3 is 2.46 bits per heavy atom. The molecule has 0 aliphatic heterocycles. The molecule has 5 heteroatoms. The zero-order valence-corrected chi connectivity index (χ0v) is 13.7. The third kappa shape index (κ3) is 4.89. The molecule has 24 heavy (non-hydrogen) atoms. The number of nitrogens with one attached hydrogen (secondary N) is 1. The van der Waals surface area contributed by atoms with Crippen molar-refractivity contribution in [1.29, 1.82) is 5.26 Å². The van der Waals surface area contributed by atoms with Gasteiger partial charge >= 0.3 is 0 Å². The number of amides is 1. The van der Waals surface area contributed by atoms with Crippen LogP contribution in [0.15, 0.2) is 66.4 Å². The topological polar surface area (TPSA) is 65.4 Å². The van der Waals surface area contributed by atoms with Gasteiger partial charge in [-0.25, -0.2) is 0 Å². The van der Waals surface area contributed by atoms with Crippen LogP contribution < -0.4 is 10.1 Å². The number of carbonyl (C=O) groups excluding carboxylic acids is 1. The minimum Gasteiger partial charge on any atom is -0.497 e. The van der Waals surface area contributed by atoms with Gasteiger partial charge in [-0.2, -0.15) is 5.26 Å². The normalized spacial score (nSPS) is 10.6. The van der Waals surface area contributed by atoms with Gasteiger partial charge in [-0.15, -0.1) is 0 Å². The summed E-state index contributed by atoms with van der Waals surface area (Å²) in [5.74, 6) is 0.259. The van der Waals surface area contributed by atoms with Crippen molar-refractivity contribution in [3.63, 3.8) is 0 Å². The Labute approximate surface area is 141 Å². The zero-order chi connectivity index (χ0) is 17.4. The molecule has 0 unspecified atom stereocenters. The molecular weight excluding hydrogens is 302 g/mol. The molecule has 0 heterocycles. The number of benzene rings is 2. The molecule has 0 atom stereocenters. The van der Waals surface area contributed by atoms with Crippen molar-refractivity contribution in [2.24, 2.45) is 0 Å². The van der Waals surface area contributed by atoms with Crippen LogP contribution in [0.5, 0.6) is 5.75 Å². The number of hydrogen-bond donors (Lipinski definition) is 1. The first-order valence-electron chi connectivity index (χ1n) is 7.44. The number of carbonyl (C=O) groups is 1. The molecule has 2 aromatic rings. The largest absolute Gasteiger partial charge is 0.497 e. The van der Waals surface area contributed by atoms with Gasteiger partial charge in [-0.05, 0) is 29.8 Å². The molecule has 0 spiro atoms. The third-order valence-electron chi connectivity index (χ3n) is 3.34. The smallest absolute Gasteiger partial charge is 0.267 e. The average molecular weight is 321 g/mol. The van der Waals surface area contributed by atoms with E-state index in [4.69, 9.17) is 4.74 Å². The van der Waals surface area contributed by atoms with Crippen molar-refractivity contribution in [1.82, 2.24) is 4.90 Å². The molecule has 1 N–H and O–H groups in total. The van der Waals surface area contributed by atoms with Crippen molar-refractivity contribution in [2.45, 2.75) is 6.54 Å². The van der Waals surface area contributed by atoms with Crippen molar-refractivity contribution in [3.05, 3.63) is 71.9 Å². The lowest BCUT2D eigenvalue weighted by molar-refractivity contribution is -0.112. The SMILES string of the molecule is COc1ccc(NC(=O)/C(C#N)=C\N(C)Cc2ccccc2)cc1. The Morgan fingerprint density at radius 2 is 1.88 bits per heavy atom. The summed E-state index contributed by atoms with van der Waals surface area (Å²) >= 11 is 0. The number of anilines is 1. The number of ether oxygens (including phenoxy) is 1. The zero-order valence-electron chi connectivity index (χ0n) is 13.7. The number of rotatable bonds is 6. The quantitative estimate of drug-likeness (QED) is 0.655. The lowest BCUT2D eigenvalue weighted by atomic mass is 10.2. The van der Waals surface area contributed by atoms with E-state index in [1.165, 1.54) is 0 Å². The van der Waals surface area contributed by atoms with Gasteiger partial charge in [0.05, 0.1) is 7.11 Å². The van der Waals surface area contributed by atoms with Gasteiger partial charge in [0.1, 0.15) is 17.4 Å². The Hall–Kier alpha value is -3.26. The molecule has 0 aromatic heterocycles. The van der Waals surface area contributed by atoms with Crippen LogP contribution in [-0.4, -0.2) is 25.0 Å². The maximum absolute atomic E-state index is 12.2. The second-order valence-corrected chi connectivity index (χ2v) is 5.24. The molecule has 1 amide bonds. The van der Waals surface area contributed by atoms with Crippen LogP contribution in [0.3, 0.4) is 0 Å². The van der Waals surface area contributed by atoms with E-state index in [1.54, 1.807) is 37.6 Å². The van der Waals surface area contributed by atoms with E-state index in [0.29, 0.717) is 18.0 Å². The van der Waals surface area contributed by atoms with Gasteiger partial charge < -0.3 is 15.0 Å². The lowest BCUT2D eigenvalue weighted by Gasteiger charge is -2.15. The number of methoxy groups -OCH3 is 1. The Kier molecular flexibility index (Phi) is 5.98. The van der Waals surface area contributed by atoms with Crippen molar-refractivity contribution >= 4 is 11.6 Å². The van der Waals surface area contributed by atoms with Crippen LogP contribution in [0.2, 0.25) is 0 Å². The second-order valence-electron chi connectivity index (χ2n) is 5.24. The Bertz CT molecular complexity index is 746. The van der Waals surface area contributed by atoms with E-state index in [9.17, 15) is 10.1 Å². The van der Waals surface area contributed by atoms with Crippen LogP contribution in [0, 0.1) is 11.3 Å². The van der Waals surface area contributed by atoms with E-state index >= 15 is 0 Å². The second kappa shape index (κ2) is 8.39. The van der Waals surface area contributed by atoms with Crippen molar-refractivity contribution in [2.75, 3.05) is 19.5 Å². The fraction of sp³-hybridized carbons (Fsp3) is 0.158. The first-order valence-corrected chi connectivity index (χ1v) is 7.44. The molecule has 2 aromatic carbocycles. The fourth-order valence-electron chi connectivity index (χ4n) is 2.15. The van der Waals surface area contributed by atoms with Crippen LogP contribution in [-0.2, 0) is 11.3 Å². The molecular formula is C19H19N3O2. The summed E-state index contributed by atoms with van der Waals surface area (Å²) in [6.07, 6.45) is 1.55. The van der Waals surface area contributed by atoms with Gasteiger partial charge in [-0.3, -0.25) is 4.79 Å². The number of nitriles is 1. The average Bonchev–Trinajstić information content (AvgIpc) is 2.61. The van der Waals surface area contributed by atoms with E-state index in [0.717, 1.165) is 5.56 Å². The molecule has 0 saturated carbocycles. The van der Waals surface area contributed by atoms with Crippen molar-refractivity contribution in [3.8, 4) is 11.8 Å². The van der Waals surface area contributed by atoms with Gasteiger partial charge in [-0.1, -0.05) is 30.3 Å². The van der Waals surface area contributed by atoms with E-state index < -0.39 is 5.91 Å². The molecule has 0 aliphatic carbocycles. The highest BCUT2D eigenvalue weighted by atomic mass is 16.5. The van der Waals surface area contributed by atoms with Gasteiger partial charge in [0.25, 0.3) is 5.91 Å². The van der Waals surface area contributed by atoms with Crippen LogP contribution in [0.25, 0.3) is 0 Å². The van der Waals surface area contributed by atoms with E-state index in [-0.39, 0.29) is 5.57 Å². The highest BCUT2D eigenvalue weighted by Crippen LogP contribution is 2.15. The highest BCUT2D eigenvalue weighted by molar-refractivity contribution is 6.06. The first kappa shape index (κ1) is 17.1. The maximum Gasteiger partial charge on any atom is 0.267 e. The van der Waals surface area contributed by atoms with E-state index in [1.807, 2.05) is 48.3 Å². The molecule has 0 saturated heterocycles. The van der Waals surface area contributed by atoms with Crippen LogP contribution in [0.4, 0.5) is 5.69 Å². The molecule has 5 nitrogen and oxygen atoms in total. The predicted molar refractivity (Wildman–Crippen MR) is 93.2 cm³/mol. The van der Waals surface area contributed by atoms with Gasteiger partial charge in [0.2, 0.25) is 0 Å². The first-order chi connectivity index (χ1) is 11.6. The molecule has 0 bridgehead atoms. The Balaban J connectivity index is 2.03. The minimum absolute atomic E-state index is 0.0456. The molecule has 122 valence electrons. The molecule has 0 aliphatic rings. The summed E-state index contributed by atoms with van der Waals surface area (Å²) in [7, 11) is 3.40. The van der Waals surface area contributed by atoms with Crippen molar-refractivity contribution < 1.29 is 9.53 Å². The molecule has 0 fully saturated rings. The minimum atomic E-state index is -0.442. The monoisotopic (exact) mass is 321 g/mol. The summed E-state index contributed by atoms with van der Waals surface area (Å²) in [6, 6.07) is 18.7. The van der Waals surface area contributed by atoms with Crippen LogP contribution in [0.1, 0.15) is 5.56 Å². The summed E-state index contributed by atoms with van der Waals surface area (Å²) < 4.78 is 5.07. The fourth-order valence-corrected chi connectivity index (χ4v) is 2.15. The van der Waals surface area contributed by atoms with Crippen LogP contribution >= 0.6 is 0 Å². The summed E-state index contributed by atoms with van der Waals surface area (Å²) in [5.41, 5.74) is 1.75. The third-order valence-corrected chi connectivity index (χ3v) is 3.34. The summed E-state index contributed by atoms with van der Waals surface area (Å²) in [4.78, 5) is 14.0. The summed E-state index contributed by atoms with van der Waals surface area (Å²) in [5, 5.41) is 11.9. The maximum atomic E-state index is 12.2.